The molecule has 2 unspecified atom stereocenters. The SMILES string of the molecule is Cc1c(F)cc(-c2c(F)cc(C3CCC(C)CO3)cc2F)cc1F. The van der Waals surface area contributed by atoms with Gasteiger partial charge in [0.05, 0.1) is 11.7 Å². The van der Waals surface area contributed by atoms with Gasteiger partial charge in [-0.1, -0.05) is 6.92 Å². The van der Waals surface area contributed by atoms with Crippen LogP contribution in [0.15, 0.2) is 24.3 Å². The number of ether oxygens (including phenoxy) is 1. The molecule has 0 aromatic heterocycles. The molecule has 0 saturated carbocycles. The molecule has 3 rings (SSSR count). The largest absolute Gasteiger partial charge is 0.373 e. The quantitative estimate of drug-likeness (QED) is 0.638. The molecule has 5 heteroatoms. The van der Waals surface area contributed by atoms with Crippen molar-refractivity contribution in [3.05, 3.63) is 58.7 Å². The lowest BCUT2D eigenvalue weighted by Crippen LogP contribution is -2.18. The zero-order valence-corrected chi connectivity index (χ0v) is 13.5. The van der Waals surface area contributed by atoms with Crippen LogP contribution in [0.5, 0.6) is 0 Å². The van der Waals surface area contributed by atoms with Crippen molar-refractivity contribution in [2.75, 3.05) is 6.61 Å². The van der Waals surface area contributed by atoms with Crippen molar-refractivity contribution in [1.29, 1.82) is 0 Å². The highest BCUT2D eigenvalue weighted by Crippen LogP contribution is 2.35. The van der Waals surface area contributed by atoms with E-state index >= 15 is 0 Å². The minimum atomic E-state index is -0.852. The molecule has 0 bridgehead atoms. The van der Waals surface area contributed by atoms with Crippen molar-refractivity contribution < 1.29 is 22.3 Å². The van der Waals surface area contributed by atoms with Crippen LogP contribution >= 0.6 is 0 Å². The third-order valence-electron chi connectivity index (χ3n) is 4.51. The predicted octanol–water partition coefficient (Wildman–Crippen LogP) is 5.71. The number of rotatable bonds is 2. The van der Waals surface area contributed by atoms with Gasteiger partial charge >= 0.3 is 0 Å². The van der Waals surface area contributed by atoms with Crippen LogP contribution in [0.25, 0.3) is 11.1 Å². The van der Waals surface area contributed by atoms with Crippen LogP contribution in [0.4, 0.5) is 17.6 Å². The normalized spacial score (nSPS) is 21.1. The van der Waals surface area contributed by atoms with E-state index in [2.05, 4.69) is 6.92 Å². The molecule has 0 aliphatic carbocycles. The molecule has 1 nitrogen and oxygen atoms in total. The van der Waals surface area contributed by atoms with E-state index < -0.39 is 28.8 Å². The second kappa shape index (κ2) is 6.55. The Balaban J connectivity index is 1.99. The Morgan fingerprint density at radius 3 is 1.96 bits per heavy atom. The van der Waals surface area contributed by atoms with Crippen LogP contribution in [0.1, 0.15) is 37.0 Å². The molecule has 1 heterocycles. The molecule has 1 aliphatic heterocycles. The smallest absolute Gasteiger partial charge is 0.134 e. The van der Waals surface area contributed by atoms with Crippen molar-refractivity contribution in [3.8, 4) is 11.1 Å². The molecule has 1 fully saturated rings. The predicted molar refractivity (Wildman–Crippen MR) is 83.5 cm³/mol. The molecular weight excluding hydrogens is 320 g/mol. The van der Waals surface area contributed by atoms with E-state index in [1.807, 2.05) is 0 Å². The van der Waals surface area contributed by atoms with Crippen LogP contribution < -0.4 is 0 Å². The van der Waals surface area contributed by atoms with E-state index in [1.165, 1.54) is 19.1 Å². The van der Waals surface area contributed by atoms with E-state index in [9.17, 15) is 17.6 Å². The minimum Gasteiger partial charge on any atom is -0.373 e. The van der Waals surface area contributed by atoms with Gasteiger partial charge in [-0.3, -0.25) is 0 Å². The Morgan fingerprint density at radius 1 is 0.875 bits per heavy atom. The maximum absolute atomic E-state index is 14.5. The molecule has 128 valence electrons. The summed E-state index contributed by atoms with van der Waals surface area (Å²) < 4.78 is 61.9. The summed E-state index contributed by atoms with van der Waals surface area (Å²) in [5.74, 6) is -2.95. The molecule has 1 saturated heterocycles. The Hall–Kier alpha value is -1.88. The maximum Gasteiger partial charge on any atom is 0.134 e. The van der Waals surface area contributed by atoms with Crippen LogP contribution in [-0.2, 0) is 4.74 Å². The van der Waals surface area contributed by atoms with Crippen LogP contribution in [-0.4, -0.2) is 6.61 Å². The van der Waals surface area contributed by atoms with Gasteiger partial charge in [0.15, 0.2) is 0 Å². The number of halogens is 4. The lowest BCUT2D eigenvalue weighted by Gasteiger charge is -2.27. The Bertz CT molecular complexity index is 718. The van der Waals surface area contributed by atoms with Gasteiger partial charge in [-0.2, -0.15) is 0 Å². The van der Waals surface area contributed by atoms with Gasteiger partial charge in [-0.25, -0.2) is 17.6 Å². The zero-order chi connectivity index (χ0) is 17.4. The van der Waals surface area contributed by atoms with Gasteiger partial charge in [0.25, 0.3) is 0 Å². The molecular formula is C19H18F4O. The van der Waals surface area contributed by atoms with Crippen LogP contribution in [0.2, 0.25) is 0 Å². The number of hydrogen-bond donors (Lipinski definition) is 0. The lowest BCUT2D eigenvalue weighted by molar-refractivity contribution is -0.0126. The summed E-state index contributed by atoms with van der Waals surface area (Å²) in [6.07, 6.45) is 1.25. The summed E-state index contributed by atoms with van der Waals surface area (Å²) in [6, 6.07) is 4.26. The highest BCUT2D eigenvalue weighted by Gasteiger charge is 2.24. The second-order valence-electron chi connectivity index (χ2n) is 6.43. The van der Waals surface area contributed by atoms with Gasteiger partial charge in [-0.05, 0) is 61.1 Å². The first-order valence-corrected chi connectivity index (χ1v) is 7.93. The first-order valence-electron chi connectivity index (χ1n) is 7.93. The highest BCUT2D eigenvalue weighted by atomic mass is 19.1. The van der Waals surface area contributed by atoms with Crippen molar-refractivity contribution in [1.82, 2.24) is 0 Å². The Kier molecular flexibility index (Phi) is 4.63. The number of benzene rings is 2. The van der Waals surface area contributed by atoms with Gasteiger partial charge in [-0.15, -0.1) is 0 Å². The van der Waals surface area contributed by atoms with E-state index in [-0.39, 0.29) is 17.2 Å². The zero-order valence-electron chi connectivity index (χ0n) is 13.5. The highest BCUT2D eigenvalue weighted by molar-refractivity contribution is 5.66. The topological polar surface area (TPSA) is 9.23 Å². The van der Waals surface area contributed by atoms with Gasteiger partial charge in [0, 0.05) is 12.2 Å². The molecule has 0 amide bonds. The summed E-state index contributed by atoms with van der Waals surface area (Å²) in [6.45, 7) is 3.87. The maximum atomic E-state index is 14.5. The van der Waals surface area contributed by atoms with E-state index in [4.69, 9.17) is 4.74 Å². The summed E-state index contributed by atoms with van der Waals surface area (Å²) in [4.78, 5) is 0. The molecule has 2 atom stereocenters. The number of hydrogen-bond acceptors (Lipinski definition) is 1. The summed E-state index contributed by atoms with van der Waals surface area (Å²) in [5.41, 5.74) is -0.356. The van der Waals surface area contributed by atoms with Crippen molar-refractivity contribution >= 4 is 0 Å². The van der Waals surface area contributed by atoms with Crippen molar-refractivity contribution in [3.63, 3.8) is 0 Å². The first-order chi connectivity index (χ1) is 11.4. The van der Waals surface area contributed by atoms with Gasteiger partial charge in [0.2, 0.25) is 0 Å². The van der Waals surface area contributed by atoms with Gasteiger partial charge < -0.3 is 4.74 Å². The molecule has 2 aromatic rings. The monoisotopic (exact) mass is 338 g/mol. The van der Waals surface area contributed by atoms with E-state index in [0.29, 0.717) is 24.5 Å². The molecule has 0 radical (unpaired) electrons. The third kappa shape index (κ3) is 3.18. The molecule has 2 aromatic carbocycles. The molecule has 0 spiro atoms. The van der Waals surface area contributed by atoms with Crippen molar-refractivity contribution in [2.24, 2.45) is 5.92 Å². The average molecular weight is 338 g/mol. The second-order valence-corrected chi connectivity index (χ2v) is 6.43. The Morgan fingerprint density at radius 2 is 1.46 bits per heavy atom. The summed E-state index contributed by atoms with van der Waals surface area (Å²) in [5, 5.41) is 0. The fourth-order valence-corrected chi connectivity index (χ4v) is 2.99. The Labute approximate surface area is 138 Å². The fourth-order valence-electron chi connectivity index (χ4n) is 2.99. The van der Waals surface area contributed by atoms with Crippen LogP contribution in [0.3, 0.4) is 0 Å². The fraction of sp³-hybridized carbons (Fsp3) is 0.368. The van der Waals surface area contributed by atoms with Gasteiger partial charge in [0.1, 0.15) is 23.3 Å². The molecule has 1 aliphatic rings. The minimum absolute atomic E-state index is 0.157. The first kappa shape index (κ1) is 17.0. The third-order valence-corrected chi connectivity index (χ3v) is 4.51. The summed E-state index contributed by atoms with van der Waals surface area (Å²) in [7, 11) is 0. The lowest BCUT2D eigenvalue weighted by atomic mass is 9.93. The van der Waals surface area contributed by atoms with E-state index in [0.717, 1.165) is 18.6 Å². The van der Waals surface area contributed by atoms with Crippen molar-refractivity contribution in [2.45, 2.75) is 32.8 Å². The molecule has 24 heavy (non-hydrogen) atoms. The average Bonchev–Trinajstić information content (AvgIpc) is 2.52. The molecule has 0 N–H and O–H groups in total. The van der Waals surface area contributed by atoms with Crippen LogP contribution in [0, 0.1) is 36.1 Å². The van der Waals surface area contributed by atoms with E-state index in [1.54, 1.807) is 0 Å². The summed E-state index contributed by atoms with van der Waals surface area (Å²) >= 11 is 0. The standard InChI is InChI=1S/C19H18F4O/c1-10-3-4-18(24-9-10)12-5-16(22)19(17(23)6-12)13-7-14(20)11(2)15(21)8-13/h5-8,10,18H,3-4,9H2,1-2H3.